The van der Waals surface area contributed by atoms with Crippen molar-refractivity contribution in [3.63, 3.8) is 0 Å². The van der Waals surface area contributed by atoms with Crippen molar-refractivity contribution in [2.75, 3.05) is 6.61 Å². The minimum Gasteiger partial charge on any atom is -0.494 e. The van der Waals surface area contributed by atoms with Gasteiger partial charge in [0.1, 0.15) is 11.4 Å². The van der Waals surface area contributed by atoms with Crippen molar-refractivity contribution in [1.29, 1.82) is 0 Å². The minimum atomic E-state index is -0.121. The van der Waals surface area contributed by atoms with Crippen LogP contribution in [0.15, 0.2) is 28.9 Å². The second-order valence-electron chi connectivity index (χ2n) is 4.41. The highest BCUT2D eigenvalue weighted by Gasteiger charge is 2.18. The zero-order valence-corrected chi connectivity index (χ0v) is 13.1. The van der Waals surface area contributed by atoms with Gasteiger partial charge in [-0.1, -0.05) is 18.6 Å². The minimum absolute atomic E-state index is 0.121. The van der Waals surface area contributed by atoms with E-state index in [1.165, 1.54) is 4.68 Å². The van der Waals surface area contributed by atoms with Crippen molar-refractivity contribution >= 4 is 21.7 Å². The number of aromatic nitrogens is 3. The second kappa shape index (κ2) is 6.65. The molecule has 0 atom stereocenters. The number of hydrogen-bond acceptors (Lipinski definition) is 4. The molecule has 0 aliphatic rings. The maximum Gasteiger partial charge on any atom is 0.213 e. The Balaban J connectivity index is 2.12. The number of carbonyl (C=O) groups is 1. The molecule has 6 heteroatoms. The van der Waals surface area contributed by atoms with Gasteiger partial charge in [-0.2, -0.15) is 0 Å². The lowest BCUT2D eigenvalue weighted by Gasteiger charge is -2.06. The van der Waals surface area contributed by atoms with E-state index < -0.39 is 0 Å². The molecule has 0 fully saturated rings. The molecule has 0 radical (unpaired) electrons. The zero-order valence-electron chi connectivity index (χ0n) is 11.5. The SMILES string of the molecule is CCCCOc1ccc(C(=O)c2c(Br)nnn2C)cc1. The fraction of sp³-hybridized carbons (Fsp3) is 0.357. The molecule has 0 aliphatic carbocycles. The summed E-state index contributed by atoms with van der Waals surface area (Å²) in [4.78, 5) is 12.3. The molecule has 20 heavy (non-hydrogen) atoms. The molecule has 0 bridgehead atoms. The zero-order chi connectivity index (χ0) is 14.5. The topological polar surface area (TPSA) is 57.0 Å². The van der Waals surface area contributed by atoms with E-state index in [1.54, 1.807) is 31.3 Å². The lowest BCUT2D eigenvalue weighted by molar-refractivity contribution is 0.102. The Morgan fingerprint density at radius 1 is 1.35 bits per heavy atom. The van der Waals surface area contributed by atoms with Crippen LogP contribution in [0.25, 0.3) is 0 Å². The number of benzene rings is 1. The number of rotatable bonds is 6. The van der Waals surface area contributed by atoms with Crippen molar-refractivity contribution in [2.45, 2.75) is 19.8 Å². The summed E-state index contributed by atoms with van der Waals surface area (Å²) >= 11 is 3.23. The number of carbonyl (C=O) groups excluding carboxylic acids is 1. The molecule has 1 aromatic carbocycles. The van der Waals surface area contributed by atoms with E-state index in [0.29, 0.717) is 22.5 Å². The fourth-order valence-corrected chi connectivity index (χ4v) is 2.25. The normalized spacial score (nSPS) is 10.6. The van der Waals surface area contributed by atoms with Crippen LogP contribution in [0.4, 0.5) is 0 Å². The molecule has 0 N–H and O–H groups in total. The molecule has 106 valence electrons. The van der Waals surface area contributed by atoms with Crippen molar-refractivity contribution in [2.24, 2.45) is 7.05 Å². The highest BCUT2D eigenvalue weighted by molar-refractivity contribution is 9.10. The largest absolute Gasteiger partial charge is 0.494 e. The summed E-state index contributed by atoms with van der Waals surface area (Å²) in [5.74, 6) is 0.654. The molecule has 0 saturated heterocycles. The standard InChI is InChI=1S/C14H16BrN3O2/c1-3-4-9-20-11-7-5-10(6-8-11)13(19)12-14(15)16-17-18(12)2/h5-8H,3-4,9H2,1-2H3. The summed E-state index contributed by atoms with van der Waals surface area (Å²) in [6.45, 7) is 2.81. The monoisotopic (exact) mass is 337 g/mol. The first-order valence-corrected chi connectivity index (χ1v) is 7.25. The van der Waals surface area contributed by atoms with E-state index in [-0.39, 0.29) is 5.78 Å². The van der Waals surface area contributed by atoms with Crippen LogP contribution in [0.2, 0.25) is 0 Å². The maximum atomic E-state index is 12.3. The van der Waals surface area contributed by atoms with Crippen LogP contribution in [0, 0.1) is 0 Å². The van der Waals surface area contributed by atoms with Gasteiger partial charge in [0.2, 0.25) is 5.78 Å². The van der Waals surface area contributed by atoms with Crippen LogP contribution in [0.5, 0.6) is 5.75 Å². The Kier molecular flexibility index (Phi) is 4.89. The van der Waals surface area contributed by atoms with E-state index in [0.717, 1.165) is 18.6 Å². The molecule has 0 amide bonds. The number of nitrogens with zero attached hydrogens (tertiary/aromatic N) is 3. The van der Waals surface area contributed by atoms with Crippen molar-refractivity contribution in [1.82, 2.24) is 15.0 Å². The molecule has 2 aromatic rings. The maximum absolute atomic E-state index is 12.3. The predicted octanol–water partition coefficient (Wildman–Crippen LogP) is 2.99. The lowest BCUT2D eigenvalue weighted by Crippen LogP contribution is -2.09. The van der Waals surface area contributed by atoms with Gasteiger partial charge in [-0.15, -0.1) is 5.10 Å². The van der Waals surface area contributed by atoms with E-state index in [2.05, 4.69) is 33.2 Å². The third-order valence-corrected chi connectivity index (χ3v) is 3.42. The molecule has 0 unspecified atom stereocenters. The smallest absolute Gasteiger partial charge is 0.213 e. The molecular formula is C14H16BrN3O2. The summed E-state index contributed by atoms with van der Waals surface area (Å²) in [6.07, 6.45) is 2.12. The Hall–Kier alpha value is -1.69. The van der Waals surface area contributed by atoms with Crippen LogP contribution >= 0.6 is 15.9 Å². The van der Waals surface area contributed by atoms with Gasteiger partial charge in [0.15, 0.2) is 4.60 Å². The summed E-state index contributed by atoms with van der Waals surface area (Å²) in [5.41, 5.74) is 1.02. The van der Waals surface area contributed by atoms with Gasteiger partial charge in [-0.05, 0) is 46.6 Å². The van der Waals surface area contributed by atoms with Crippen molar-refractivity contribution in [3.8, 4) is 5.75 Å². The van der Waals surface area contributed by atoms with Crippen LogP contribution in [-0.4, -0.2) is 27.4 Å². The summed E-state index contributed by atoms with van der Waals surface area (Å²) < 4.78 is 7.48. The number of ketones is 1. The van der Waals surface area contributed by atoms with Crippen molar-refractivity contribution in [3.05, 3.63) is 40.1 Å². The number of aryl methyl sites for hydroxylation is 1. The number of ether oxygens (including phenoxy) is 1. The number of halogens is 1. The Morgan fingerprint density at radius 2 is 2.05 bits per heavy atom. The van der Waals surface area contributed by atoms with Gasteiger partial charge in [-0.3, -0.25) is 4.79 Å². The molecule has 5 nitrogen and oxygen atoms in total. The summed E-state index contributed by atoms with van der Waals surface area (Å²) in [6, 6.07) is 7.12. The number of unbranched alkanes of at least 4 members (excludes halogenated alkanes) is 1. The van der Waals surface area contributed by atoms with Gasteiger partial charge < -0.3 is 4.74 Å². The average molecular weight is 338 g/mol. The van der Waals surface area contributed by atoms with Gasteiger partial charge in [0.25, 0.3) is 0 Å². The first-order chi connectivity index (χ1) is 9.63. The van der Waals surface area contributed by atoms with Gasteiger partial charge in [0.05, 0.1) is 6.61 Å². The summed E-state index contributed by atoms with van der Waals surface area (Å²) in [7, 11) is 1.69. The lowest BCUT2D eigenvalue weighted by atomic mass is 10.1. The Labute approximate surface area is 126 Å². The first-order valence-electron chi connectivity index (χ1n) is 6.46. The van der Waals surface area contributed by atoms with Crippen LogP contribution in [0.1, 0.15) is 35.8 Å². The fourth-order valence-electron chi connectivity index (χ4n) is 1.75. The predicted molar refractivity (Wildman–Crippen MR) is 79.0 cm³/mol. The molecule has 0 aliphatic heterocycles. The molecule has 0 saturated carbocycles. The molecular weight excluding hydrogens is 322 g/mol. The van der Waals surface area contributed by atoms with E-state index in [4.69, 9.17) is 4.74 Å². The number of hydrogen-bond donors (Lipinski definition) is 0. The van der Waals surface area contributed by atoms with Crippen LogP contribution in [0.3, 0.4) is 0 Å². The van der Waals surface area contributed by atoms with Crippen LogP contribution < -0.4 is 4.74 Å². The Morgan fingerprint density at radius 3 is 2.60 bits per heavy atom. The van der Waals surface area contributed by atoms with Crippen LogP contribution in [-0.2, 0) is 7.05 Å². The third-order valence-electron chi connectivity index (χ3n) is 2.88. The van der Waals surface area contributed by atoms with Crippen molar-refractivity contribution < 1.29 is 9.53 Å². The van der Waals surface area contributed by atoms with E-state index in [9.17, 15) is 4.79 Å². The Bertz CT molecular complexity index is 573. The van der Waals surface area contributed by atoms with Gasteiger partial charge in [0, 0.05) is 12.6 Å². The molecule has 1 heterocycles. The first kappa shape index (κ1) is 14.7. The quantitative estimate of drug-likeness (QED) is 0.600. The van der Waals surface area contributed by atoms with E-state index in [1.807, 2.05) is 0 Å². The molecule has 0 spiro atoms. The second-order valence-corrected chi connectivity index (χ2v) is 5.16. The van der Waals surface area contributed by atoms with Gasteiger partial charge >= 0.3 is 0 Å². The molecule has 2 rings (SSSR count). The van der Waals surface area contributed by atoms with Gasteiger partial charge in [-0.25, -0.2) is 4.68 Å². The van der Waals surface area contributed by atoms with E-state index >= 15 is 0 Å². The third kappa shape index (κ3) is 3.25. The average Bonchev–Trinajstić information content (AvgIpc) is 2.78. The summed E-state index contributed by atoms with van der Waals surface area (Å²) in [5, 5.41) is 7.62. The highest BCUT2D eigenvalue weighted by Crippen LogP contribution is 2.19. The highest BCUT2D eigenvalue weighted by atomic mass is 79.9. The molecule has 1 aromatic heterocycles.